The van der Waals surface area contributed by atoms with Crippen LogP contribution in [0.4, 0.5) is 5.69 Å². The van der Waals surface area contributed by atoms with Gasteiger partial charge in [-0.25, -0.2) is 0 Å². The average Bonchev–Trinajstić information content (AvgIpc) is 2.42. The van der Waals surface area contributed by atoms with E-state index in [0.29, 0.717) is 17.1 Å². The number of amides is 1. The van der Waals surface area contributed by atoms with Crippen LogP contribution in [-0.2, 0) is 4.79 Å². The molecular formula is C9H10BN3O. The summed E-state index contributed by atoms with van der Waals surface area (Å²) in [5.74, 6) is 0.119. The number of fused-ring (bicyclic) bond motifs is 1. The van der Waals surface area contributed by atoms with E-state index in [1.807, 2.05) is 19.9 Å². The quantitative estimate of drug-likeness (QED) is 0.628. The Morgan fingerprint density at radius 2 is 2.14 bits per heavy atom. The molecule has 0 spiro atoms. The van der Waals surface area contributed by atoms with Gasteiger partial charge in [-0.05, 0) is 0 Å². The van der Waals surface area contributed by atoms with Crippen LogP contribution in [0.5, 0.6) is 0 Å². The van der Waals surface area contributed by atoms with Crippen LogP contribution in [0.15, 0.2) is 6.07 Å². The molecule has 0 saturated carbocycles. The van der Waals surface area contributed by atoms with E-state index in [0.717, 1.165) is 11.4 Å². The average molecular weight is 187 g/mol. The van der Waals surface area contributed by atoms with Crippen LogP contribution >= 0.6 is 0 Å². The summed E-state index contributed by atoms with van der Waals surface area (Å²) in [7, 11) is 3.64. The van der Waals surface area contributed by atoms with Crippen molar-refractivity contribution in [2.45, 2.75) is 19.8 Å². The summed E-state index contributed by atoms with van der Waals surface area (Å²) in [5, 5.41) is 10.7. The van der Waals surface area contributed by atoms with Crippen LogP contribution in [-0.4, -0.2) is 29.1 Å². The Bertz CT molecular complexity index is 428. The van der Waals surface area contributed by atoms with Crippen LogP contribution in [0.1, 0.15) is 31.2 Å². The maximum atomic E-state index is 11.2. The number of nitrogens with one attached hydrogen (secondary N) is 1. The van der Waals surface area contributed by atoms with E-state index in [4.69, 9.17) is 0 Å². The maximum absolute atomic E-state index is 11.2. The van der Waals surface area contributed by atoms with Crippen molar-refractivity contribution in [1.29, 1.82) is 0 Å². The summed E-state index contributed by atoms with van der Waals surface area (Å²) in [6, 6.07) is 1.85. The molecule has 0 radical (unpaired) electrons. The number of carbonyl (C=O) groups is 1. The van der Waals surface area contributed by atoms with E-state index in [1.165, 1.54) is 0 Å². The molecule has 1 aromatic heterocycles. The van der Waals surface area contributed by atoms with Crippen LogP contribution in [0, 0.1) is 0 Å². The van der Waals surface area contributed by atoms with Crippen LogP contribution in [0.25, 0.3) is 0 Å². The first-order chi connectivity index (χ1) is 6.59. The second-order valence-electron chi connectivity index (χ2n) is 3.62. The Kier molecular flexibility index (Phi) is 1.95. The molecule has 1 amide bonds. The molecule has 70 valence electrons. The second-order valence-corrected chi connectivity index (χ2v) is 3.62. The molecule has 1 aliphatic heterocycles. The van der Waals surface area contributed by atoms with Crippen LogP contribution in [0.3, 0.4) is 0 Å². The Labute approximate surface area is 82.8 Å². The molecule has 0 saturated heterocycles. The zero-order valence-corrected chi connectivity index (χ0v) is 8.16. The molecule has 0 atom stereocenters. The zero-order valence-electron chi connectivity index (χ0n) is 8.16. The van der Waals surface area contributed by atoms with Gasteiger partial charge < -0.3 is 0 Å². The summed E-state index contributed by atoms with van der Waals surface area (Å²) in [6.45, 7) is 4.06. The van der Waals surface area contributed by atoms with E-state index in [-0.39, 0.29) is 5.91 Å². The first kappa shape index (κ1) is 9.06. The van der Waals surface area contributed by atoms with E-state index >= 15 is 0 Å². The van der Waals surface area contributed by atoms with Gasteiger partial charge in [0.2, 0.25) is 0 Å². The van der Waals surface area contributed by atoms with Crippen LogP contribution in [0.2, 0.25) is 0 Å². The summed E-state index contributed by atoms with van der Waals surface area (Å²) in [6.07, 6.45) is 0. The molecule has 0 fully saturated rings. The molecule has 1 aliphatic rings. The molecule has 14 heavy (non-hydrogen) atoms. The molecule has 0 aromatic carbocycles. The molecule has 1 aromatic rings. The van der Waals surface area contributed by atoms with Crippen molar-refractivity contribution in [3.63, 3.8) is 0 Å². The van der Waals surface area contributed by atoms with Gasteiger partial charge in [-0.15, -0.1) is 0 Å². The van der Waals surface area contributed by atoms with Gasteiger partial charge >= 0.3 is 82.1 Å². The molecule has 1 N–H and O–H groups in total. The molecule has 0 unspecified atom stereocenters. The van der Waals surface area contributed by atoms with E-state index < -0.39 is 0 Å². The molecule has 2 heterocycles. The fraction of sp³-hybridized carbons (Fsp3) is 0.333. The van der Waals surface area contributed by atoms with Gasteiger partial charge in [0, 0.05) is 0 Å². The fourth-order valence-corrected chi connectivity index (χ4v) is 1.31. The van der Waals surface area contributed by atoms with Crippen molar-refractivity contribution in [2.75, 3.05) is 5.32 Å². The Hall–Kier alpha value is -1.52. The summed E-state index contributed by atoms with van der Waals surface area (Å²) < 4.78 is 0. The minimum atomic E-state index is -0.185. The number of anilines is 1. The van der Waals surface area contributed by atoms with Gasteiger partial charge in [0.25, 0.3) is 0 Å². The summed E-state index contributed by atoms with van der Waals surface area (Å²) in [4.78, 5) is 11.2. The van der Waals surface area contributed by atoms with Gasteiger partial charge in [-0.2, -0.15) is 0 Å². The topological polar surface area (TPSA) is 54.9 Å². The number of aromatic nitrogens is 2. The van der Waals surface area contributed by atoms with Crippen molar-refractivity contribution in [2.24, 2.45) is 0 Å². The Balaban J connectivity index is 2.49. The third kappa shape index (κ3) is 1.25. The second kappa shape index (κ2) is 3.01. The number of nitrogens with zero attached hydrogens (tertiary/aromatic N) is 2. The number of hydrogen-bond donors (Lipinski definition) is 1. The monoisotopic (exact) mass is 187 g/mol. The molecule has 2 rings (SSSR count). The van der Waals surface area contributed by atoms with Gasteiger partial charge in [-0.3, -0.25) is 0 Å². The van der Waals surface area contributed by atoms with Gasteiger partial charge in [-0.1, -0.05) is 0 Å². The van der Waals surface area contributed by atoms with Crippen molar-refractivity contribution >= 4 is 24.5 Å². The van der Waals surface area contributed by atoms with Crippen molar-refractivity contribution in [3.05, 3.63) is 17.5 Å². The molecule has 0 aliphatic carbocycles. The number of rotatable bonds is 1. The number of hydrogen-bond acceptors (Lipinski definition) is 3. The van der Waals surface area contributed by atoms with E-state index in [2.05, 4.69) is 23.0 Å². The van der Waals surface area contributed by atoms with Crippen molar-refractivity contribution in [3.8, 4) is 0 Å². The molecule has 0 bridgehead atoms. The van der Waals surface area contributed by atoms with Crippen molar-refractivity contribution < 1.29 is 4.79 Å². The van der Waals surface area contributed by atoms with E-state index in [1.54, 1.807) is 0 Å². The Morgan fingerprint density at radius 3 is 2.79 bits per heavy atom. The van der Waals surface area contributed by atoms with Gasteiger partial charge in [0.15, 0.2) is 0 Å². The first-order valence-corrected chi connectivity index (χ1v) is 4.48. The fourth-order valence-electron chi connectivity index (χ4n) is 1.31. The van der Waals surface area contributed by atoms with Crippen LogP contribution < -0.4 is 5.32 Å². The summed E-state index contributed by atoms with van der Waals surface area (Å²) >= 11 is 0. The predicted octanol–water partition coefficient (Wildman–Crippen LogP) is -0.0266. The third-order valence-electron chi connectivity index (χ3n) is 2.21. The number of carbonyl (C=O) groups excluding carboxylic acids is 1. The molecule has 4 nitrogen and oxygen atoms in total. The van der Waals surface area contributed by atoms with Gasteiger partial charge in [0.05, 0.1) is 0 Å². The SMILES string of the molecule is B=C1C(=O)Nc2cc(C(C)C)nnc21. The normalized spacial score (nSPS) is 14.4. The molecular weight excluding hydrogens is 177 g/mol. The zero-order chi connectivity index (χ0) is 10.3. The third-order valence-corrected chi connectivity index (χ3v) is 2.21. The first-order valence-electron chi connectivity index (χ1n) is 4.48. The molecule has 5 heteroatoms. The standard InChI is InChI=1S/C9H10BN3O/c1-4(2)5-3-6-8(13-12-5)7(10)9(14)11-6/h3-4,10H,1-2H3,(H,11,14). The van der Waals surface area contributed by atoms with E-state index in [9.17, 15) is 4.79 Å². The summed E-state index contributed by atoms with van der Waals surface area (Å²) in [5.41, 5.74) is 2.56. The Morgan fingerprint density at radius 1 is 1.43 bits per heavy atom. The predicted molar refractivity (Wildman–Crippen MR) is 56.0 cm³/mol. The minimum absolute atomic E-state index is 0.185. The van der Waals surface area contributed by atoms with Gasteiger partial charge in [0.1, 0.15) is 0 Å². The van der Waals surface area contributed by atoms with Crippen molar-refractivity contribution in [1.82, 2.24) is 10.2 Å².